The van der Waals surface area contributed by atoms with Crippen LogP contribution in [0.15, 0.2) is 12.1 Å². The first kappa shape index (κ1) is 17.8. The molecule has 0 aromatic heterocycles. The second-order valence-corrected chi connectivity index (χ2v) is 4.19. The Morgan fingerprint density at radius 3 is 2.59 bits per heavy atom. The van der Waals surface area contributed by atoms with Crippen LogP contribution >= 0.6 is 22.6 Å². The number of rotatable bonds is 2. The number of hydrogen-bond donors (Lipinski definition) is 1. The molecule has 1 aromatic carbocycles. The van der Waals surface area contributed by atoms with Gasteiger partial charge in [-0.2, -0.15) is 5.69 Å². The number of halogens is 1. The predicted octanol–water partition coefficient (Wildman–Crippen LogP) is 1.21. The third kappa shape index (κ3) is 4.45. The summed E-state index contributed by atoms with van der Waals surface area (Å²) in [7, 11) is 0. The number of carbonyl (C=O) groups is 1. The fraction of sp³-hybridized carbons (Fsp3) is 0.300. The van der Waals surface area contributed by atoms with Gasteiger partial charge in [-0.15, -0.1) is 22.6 Å². The second-order valence-electron chi connectivity index (χ2n) is 3.12. The summed E-state index contributed by atoms with van der Waals surface area (Å²) in [5.74, 6) is 0. The minimum absolute atomic E-state index is 0. The van der Waals surface area contributed by atoms with E-state index in [1.807, 2.05) is 0 Å². The van der Waals surface area contributed by atoms with Crippen molar-refractivity contribution in [2.45, 2.75) is 6.10 Å². The molecule has 1 heterocycles. The summed E-state index contributed by atoms with van der Waals surface area (Å²) in [5.41, 5.74) is 0.691. The Bertz CT molecular complexity index is 376. The van der Waals surface area contributed by atoms with Crippen molar-refractivity contribution < 1.29 is 64.3 Å². The van der Waals surface area contributed by atoms with E-state index in [9.17, 15) is 4.79 Å². The molecule has 0 saturated carbocycles. The SMILES string of the molecule is O=C1O[C@@H](CO)CN1c1c[c-]c(I)[c-]c1.[U].[V]. The molecule has 1 aromatic rings. The molecule has 0 bridgehead atoms. The van der Waals surface area contributed by atoms with Gasteiger partial charge in [0.1, 0.15) is 6.10 Å². The molecule has 4 nitrogen and oxygen atoms in total. The van der Waals surface area contributed by atoms with Crippen molar-refractivity contribution in [3.05, 3.63) is 27.8 Å². The van der Waals surface area contributed by atoms with E-state index >= 15 is 0 Å². The first-order valence-corrected chi connectivity index (χ1v) is 5.46. The summed E-state index contributed by atoms with van der Waals surface area (Å²) in [6.07, 6.45) is -0.867. The van der Waals surface area contributed by atoms with Crippen LogP contribution < -0.4 is 4.90 Å². The third-order valence-electron chi connectivity index (χ3n) is 2.08. The van der Waals surface area contributed by atoms with Crippen LogP contribution in [0.4, 0.5) is 10.5 Å². The maximum atomic E-state index is 11.4. The number of anilines is 1. The summed E-state index contributed by atoms with van der Waals surface area (Å²) in [6, 6.07) is 9.31. The fourth-order valence-electron chi connectivity index (χ4n) is 1.34. The van der Waals surface area contributed by atoms with E-state index in [1.165, 1.54) is 4.90 Å². The molecule has 1 aliphatic rings. The van der Waals surface area contributed by atoms with Gasteiger partial charge in [0.25, 0.3) is 0 Å². The quantitative estimate of drug-likeness (QED) is 0.408. The van der Waals surface area contributed by atoms with Gasteiger partial charge in [0.05, 0.1) is 6.61 Å². The molecular formula is C10H8INO3UV-2. The van der Waals surface area contributed by atoms with Crippen molar-refractivity contribution in [1.29, 1.82) is 0 Å². The average molecular weight is 606 g/mol. The third-order valence-corrected chi connectivity index (χ3v) is 2.71. The molecule has 1 saturated heterocycles. The van der Waals surface area contributed by atoms with E-state index in [4.69, 9.17) is 9.84 Å². The molecule has 1 N–H and O–H groups in total. The molecule has 89 valence electrons. The number of benzene rings is 1. The molecule has 1 amide bonds. The van der Waals surface area contributed by atoms with E-state index in [1.54, 1.807) is 12.1 Å². The smallest absolute Gasteiger partial charge is 0.393 e. The van der Waals surface area contributed by atoms with Crippen LogP contribution in [-0.2, 0) is 23.3 Å². The molecule has 0 spiro atoms. The van der Waals surface area contributed by atoms with Crippen molar-refractivity contribution >= 4 is 34.4 Å². The van der Waals surface area contributed by atoms with Gasteiger partial charge >= 0.3 is 6.09 Å². The molecule has 7 heteroatoms. The average Bonchev–Trinajstić information content (AvgIpc) is 2.61. The first-order chi connectivity index (χ1) is 7.20. The summed E-state index contributed by atoms with van der Waals surface area (Å²) in [5, 5.41) is 8.87. The van der Waals surface area contributed by atoms with Crippen LogP contribution in [0.2, 0.25) is 0 Å². The minimum atomic E-state index is -0.434. The zero-order valence-corrected chi connectivity index (χ0v) is 16.4. The van der Waals surface area contributed by atoms with Gasteiger partial charge in [-0.3, -0.25) is 12.1 Å². The largest absolute Gasteiger partial charge is 0.443 e. The Kier molecular flexibility index (Phi) is 8.47. The molecule has 1 fully saturated rings. The van der Waals surface area contributed by atoms with E-state index in [0.717, 1.165) is 3.57 Å². The molecule has 17 heavy (non-hydrogen) atoms. The van der Waals surface area contributed by atoms with Crippen LogP contribution in [0.1, 0.15) is 0 Å². The summed E-state index contributed by atoms with van der Waals surface area (Å²) >= 11 is 2.09. The van der Waals surface area contributed by atoms with Crippen molar-refractivity contribution in [3.63, 3.8) is 0 Å². The first-order valence-electron chi connectivity index (χ1n) is 4.38. The van der Waals surface area contributed by atoms with Gasteiger partial charge in [0.2, 0.25) is 0 Å². The number of aliphatic hydroxyl groups is 1. The van der Waals surface area contributed by atoms with Crippen LogP contribution in [-0.4, -0.2) is 30.5 Å². The van der Waals surface area contributed by atoms with Crippen LogP contribution in [0.5, 0.6) is 0 Å². The summed E-state index contributed by atoms with van der Waals surface area (Å²) < 4.78 is 5.78. The zero-order chi connectivity index (χ0) is 10.8. The summed E-state index contributed by atoms with van der Waals surface area (Å²) in [6.45, 7) is 0.220. The fourth-order valence-corrected chi connectivity index (χ4v) is 1.65. The monoisotopic (exact) mass is 606 g/mol. The number of nitrogens with zero attached hydrogens (tertiary/aromatic N) is 1. The molecule has 1 aliphatic heterocycles. The van der Waals surface area contributed by atoms with Crippen molar-refractivity contribution in [3.8, 4) is 0 Å². The van der Waals surface area contributed by atoms with Gasteiger partial charge in [-0.05, 0) is 0 Å². The Morgan fingerprint density at radius 1 is 1.53 bits per heavy atom. The van der Waals surface area contributed by atoms with Gasteiger partial charge in [-0.1, -0.05) is 0 Å². The Balaban J connectivity index is 0.00000128. The van der Waals surface area contributed by atoms with Crippen molar-refractivity contribution in [1.82, 2.24) is 0 Å². The van der Waals surface area contributed by atoms with E-state index in [2.05, 4.69) is 34.7 Å². The number of amides is 1. The molecule has 2 rings (SSSR count). The number of cyclic esters (lactones) is 1. The molecule has 1 atom stereocenters. The van der Waals surface area contributed by atoms with Crippen molar-refractivity contribution in [2.75, 3.05) is 18.1 Å². The standard InChI is InChI=1S/C10H8INO3.U.V/c11-7-1-3-8(4-2-7)12-5-9(6-13)15-10(12)14;;/h3-4,9,13H,5-6H2;;/q-2;;/t9-;;/m1../s1. The zero-order valence-electron chi connectivity index (χ0n) is 8.68. The predicted molar refractivity (Wildman–Crippen MR) is 61.5 cm³/mol. The van der Waals surface area contributed by atoms with Gasteiger partial charge in [-0.25, -0.2) is 8.36 Å². The van der Waals surface area contributed by atoms with Crippen LogP contribution in [0.25, 0.3) is 0 Å². The van der Waals surface area contributed by atoms with Gasteiger partial charge < -0.3 is 26.9 Å². The maximum Gasteiger partial charge on any atom is 0.393 e. The van der Waals surface area contributed by atoms with Gasteiger partial charge in [0.15, 0.2) is 0 Å². The van der Waals surface area contributed by atoms with E-state index in [0.29, 0.717) is 12.2 Å². The van der Waals surface area contributed by atoms with Gasteiger partial charge in [0, 0.05) is 56.2 Å². The number of carbonyl (C=O) groups excluding carboxylic acids is 1. The minimum Gasteiger partial charge on any atom is -0.443 e. The number of ether oxygens (including phenoxy) is 1. The van der Waals surface area contributed by atoms with Crippen LogP contribution in [0, 0.1) is 46.8 Å². The molecular weight excluding hydrogens is 598 g/mol. The Labute approximate surface area is 149 Å². The Hall–Kier alpha value is 0.816. The molecule has 0 aliphatic carbocycles. The Morgan fingerprint density at radius 2 is 2.12 bits per heavy atom. The van der Waals surface area contributed by atoms with E-state index in [-0.39, 0.29) is 56.3 Å². The number of hydrogen-bond acceptors (Lipinski definition) is 3. The molecule has 0 unspecified atom stereocenters. The summed E-state index contributed by atoms with van der Waals surface area (Å²) in [4.78, 5) is 12.9. The molecule has 1 radical (unpaired) electrons. The van der Waals surface area contributed by atoms with Crippen molar-refractivity contribution in [2.24, 2.45) is 0 Å². The van der Waals surface area contributed by atoms with E-state index < -0.39 is 12.2 Å². The topological polar surface area (TPSA) is 49.8 Å². The second kappa shape index (κ2) is 8.08. The number of aliphatic hydroxyl groups excluding tert-OH is 1. The maximum absolute atomic E-state index is 11.4. The normalized spacial score (nSPS) is 18.1. The van der Waals surface area contributed by atoms with Crippen LogP contribution in [0.3, 0.4) is 0 Å².